The van der Waals surface area contributed by atoms with Gasteiger partial charge in [0.15, 0.2) is 0 Å². The summed E-state index contributed by atoms with van der Waals surface area (Å²) >= 11 is 5.82. The third-order valence-electron chi connectivity index (χ3n) is 4.42. The smallest absolute Gasteiger partial charge is 0.339 e. The van der Waals surface area contributed by atoms with Crippen LogP contribution in [-0.4, -0.2) is 35.1 Å². The van der Waals surface area contributed by atoms with Gasteiger partial charge in [0, 0.05) is 23.7 Å². The van der Waals surface area contributed by atoms with E-state index in [2.05, 4.69) is 17.2 Å². The first-order valence-electron chi connectivity index (χ1n) is 8.49. The number of nitrogens with one attached hydrogen (secondary N) is 1. The van der Waals surface area contributed by atoms with Crippen LogP contribution in [0.25, 0.3) is 0 Å². The lowest BCUT2D eigenvalue weighted by Crippen LogP contribution is -2.36. The second-order valence-corrected chi connectivity index (χ2v) is 6.99. The summed E-state index contributed by atoms with van der Waals surface area (Å²) in [5.41, 5.74) is 0.865. The maximum absolute atomic E-state index is 12.3. The van der Waals surface area contributed by atoms with Gasteiger partial charge in [0.1, 0.15) is 11.4 Å². The van der Waals surface area contributed by atoms with Crippen molar-refractivity contribution in [3.8, 4) is 0 Å². The number of rotatable bonds is 4. The van der Waals surface area contributed by atoms with Crippen molar-refractivity contribution >= 4 is 35.0 Å². The zero-order valence-corrected chi connectivity index (χ0v) is 15.2. The van der Waals surface area contributed by atoms with E-state index < -0.39 is 5.97 Å². The summed E-state index contributed by atoms with van der Waals surface area (Å²) in [4.78, 5) is 30.3. The molecule has 0 spiro atoms. The Labute approximate surface area is 156 Å². The third kappa shape index (κ3) is 4.14. The molecule has 0 bridgehead atoms. The number of pyridine rings is 1. The summed E-state index contributed by atoms with van der Waals surface area (Å²) < 4.78 is 0. The monoisotopic (exact) mass is 373 g/mol. The molecule has 0 unspecified atom stereocenters. The largest absolute Gasteiger partial charge is 0.478 e. The van der Waals surface area contributed by atoms with Gasteiger partial charge >= 0.3 is 5.97 Å². The Balaban J connectivity index is 1.83. The van der Waals surface area contributed by atoms with Gasteiger partial charge in [-0.1, -0.05) is 18.5 Å². The van der Waals surface area contributed by atoms with E-state index in [4.69, 9.17) is 11.6 Å². The van der Waals surface area contributed by atoms with E-state index in [9.17, 15) is 14.7 Å². The Morgan fingerprint density at radius 1 is 1.31 bits per heavy atom. The standard InChI is InChI=1S/C19H20ClN3O3/c1-12-3-2-8-23(11-12)17-16(19(25)26)9-15(10-21-17)22-18(24)13-4-6-14(20)7-5-13/h4-7,9-10,12H,2-3,8,11H2,1H3,(H,22,24)(H,25,26)/t12-/m1/s1. The molecule has 6 nitrogen and oxygen atoms in total. The van der Waals surface area contributed by atoms with E-state index >= 15 is 0 Å². The molecule has 26 heavy (non-hydrogen) atoms. The fraction of sp³-hybridized carbons (Fsp3) is 0.316. The van der Waals surface area contributed by atoms with Crippen LogP contribution in [0.3, 0.4) is 0 Å². The molecule has 0 saturated carbocycles. The van der Waals surface area contributed by atoms with Crippen molar-refractivity contribution in [2.75, 3.05) is 23.3 Å². The Bertz CT molecular complexity index is 823. The number of hydrogen-bond donors (Lipinski definition) is 2. The Kier molecular flexibility index (Phi) is 5.42. The van der Waals surface area contributed by atoms with Gasteiger partial charge in [-0.3, -0.25) is 4.79 Å². The lowest BCUT2D eigenvalue weighted by molar-refractivity contribution is 0.0696. The van der Waals surface area contributed by atoms with Crippen molar-refractivity contribution in [3.05, 3.63) is 52.7 Å². The van der Waals surface area contributed by atoms with Gasteiger partial charge in [-0.25, -0.2) is 9.78 Å². The van der Waals surface area contributed by atoms with Crippen LogP contribution in [0.2, 0.25) is 5.02 Å². The maximum atomic E-state index is 12.3. The number of carbonyl (C=O) groups is 2. The minimum atomic E-state index is -1.06. The van der Waals surface area contributed by atoms with Gasteiger partial charge < -0.3 is 15.3 Å². The van der Waals surface area contributed by atoms with E-state index in [-0.39, 0.29) is 11.5 Å². The van der Waals surface area contributed by atoms with Crippen LogP contribution in [0, 0.1) is 5.92 Å². The molecule has 2 N–H and O–H groups in total. The highest BCUT2D eigenvalue weighted by atomic mass is 35.5. The molecule has 0 radical (unpaired) electrons. The fourth-order valence-electron chi connectivity index (χ4n) is 3.12. The molecule has 2 aromatic rings. The highest BCUT2D eigenvalue weighted by Gasteiger charge is 2.23. The molecule has 1 aromatic carbocycles. The molecule has 1 saturated heterocycles. The molecule has 1 aliphatic heterocycles. The van der Waals surface area contributed by atoms with Crippen LogP contribution in [0.15, 0.2) is 36.5 Å². The number of hydrogen-bond acceptors (Lipinski definition) is 4. The minimum absolute atomic E-state index is 0.0907. The molecular weight excluding hydrogens is 354 g/mol. The highest BCUT2D eigenvalue weighted by Crippen LogP contribution is 2.26. The SMILES string of the molecule is C[C@@H]1CCCN(c2ncc(NC(=O)c3ccc(Cl)cc3)cc2C(=O)O)C1. The summed E-state index contributed by atoms with van der Waals surface area (Å²) in [5, 5.41) is 12.8. The van der Waals surface area contributed by atoms with Crippen molar-refractivity contribution in [1.82, 2.24) is 4.98 Å². The van der Waals surface area contributed by atoms with Crippen molar-refractivity contribution in [2.45, 2.75) is 19.8 Å². The first-order valence-corrected chi connectivity index (χ1v) is 8.87. The van der Waals surface area contributed by atoms with E-state index in [0.29, 0.717) is 28.0 Å². The predicted molar refractivity (Wildman–Crippen MR) is 101 cm³/mol. The summed E-state index contributed by atoms with van der Waals surface area (Å²) in [7, 11) is 0. The average molecular weight is 374 g/mol. The molecule has 0 aliphatic carbocycles. The molecule has 1 atom stereocenters. The lowest BCUT2D eigenvalue weighted by atomic mass is 10.00. The molecule has 1 aliphatic rings. The molecule has 3 rings (SSSR count). The Morgan fingerprint density at radius 3 is 2.69 bits per heavy atom. The fourth-order valence-corrected chi connectivity index (χ4v) is 3.25. The second-order valence-electron chi connectivity index (χ2n) is 6.55. The van der Waals surface area contributed by atoms with Crippen molar-refractivity contribution < 1.29 is 14.7 Å². The second kappa shape index (κ2) is 7.74. The number of aromatic carboxylic acids is 1. The average Bonchev–Trinajstić information content (AvgIpc) is 2.62. The van der Waals surface area contributed by atoms with E-state index in [1.54, 1.807) is 24.3 Å². The van der Waals surface area contributed by atoms with Gasteiger partial charge in [-0.15, -0.1) is 0 Å². The number of halogens is 1. The van der Waals surface area contributed by atoms with Gasteiger partial charge in [-0.05, 0) is 49.1 Å². The molecule has 136 valence electrons. The number of benzene rings is 1. The Morgan fingerprint density at radius 2 is 2.04 bits per heavy atom. The number of anilines is 2. The molecule has 7 heteroatoms. The normalized spacial score (nSPS) is 17.0. The van der Waals surface area contributed by atoms with Crippen molar-refractivity contribution in [1.29, 1.82) is 0 Å². The molecular formula is C19H20ClN3O3. The van der Waals surface area contributed by atoms with Crippen LogP contribution in [0.1, 0.15) is 40.5 Å². The first-order chi connectivity index (χ1) is 12.4. The van der Waals surface area contributed by atoms with Crippen LogP contribution in [0.4, 0.5) is 11.5 Å². The number of carboxylic acid groups (broad SMARTS) is 1. The van der Waals surface area contributed by atoms with Crippen LogP contribution < -0.4 is 10.2 Å². The molecule has 1 aromatic heterocycles. The third-order valence-corrected chi connectivity index (χ3v) is 4.67. The predicted octanol–water partition coefficient (Wildman–Crippen LogP) is 3.92. The summed E-state index contributed by atoms with van der Waals surface area (Å²) in [6.07, 6.45) is 3.64. The van der Waals surface area contributed by atoms with Crippen LogP contribution in [-0.2, 0) is 0 Å². The van der Waals surface area contributed by atoms with E-state index in [0.717, 1.165) is 25.9 Å². The van der Waals surface area contributed by atoms with Gasteiger partial charge in [0.25, 0.3) is 5.91 Å². The topological polar surface area (TPSA) is 82.5 Å². The van der Waals surface area contributed by atoms with Crippen molar-refractivity contribution in [2.24, 2.45) is 5.92 Å². The highest BCUT2D eigenvalue weighted by molar-refractivity contribution is 6.30. The lowest BCUT2D eigenvalue weighted by Gasteiger charge is -2.32. The first kappa shape index (κ1) is 18.2. The van der Waals surface area contributed by atoms with E-state index in [1.165, 1.54) is 12.3 Å². The van der Waals surface area contributed by atoms with Gasteiger partial charge in [0.2, 0.25) is 0 Å². The van der Waals surface area contributed by atoms with Gasteiger partial charge in [0.05, 0.1) is 11.9 Å². The maximum Gasteiger partial charge on any atom is 0.339 e. The summed E-state index contributed by atoms with van der Waals surface area (Å²) in [6, 6.07) is 7.91. The number of carboxylic acids is 1. The molecule has 1 amide bonds. The van der Waals surface area contributed by atoms with E-state index in [1.807, 2.05) is 4.90 Å². The van der Waals surface area contributed by atoms with Crippen LogP contribution in [0.5, 0.6) is 0 Å². The minimum Gasteiger partial charge on any atom is -0.478 e. The number of aromatic nitrogens is 1. The number of amides is 1. The number of carbonyl (C=O) groups excluding carboxylic acids is 1. The van der Waals surface area contributed by atoms with Gasteiger partial charge in [-0.2, -0.15) is 0 Å². The Hall–Kier alpha value is -2.60. The zero-order valence-electron chi connectivity index (χ0n) is 14.4. The molecule has 1 fully saturated rings. The summed E-state index contributed by atoms with van der Waals surface area (Å²) in [5.74, 6) is -0.461. The van der Waals surface area contributed by atoms with Crippen molar-refractivity contribution in [3.63, 3.8) is 0 Å². The molecule has 2 heterocycles. The number of piperidine rings is 1. The summed E-state index contributed by atoms with van der Waals surface area (Å²) in [6.45, 7) is 3.71. The van der Waals surface area contributed by atoms with Crippen LogP contribution >= 0.6 is 11.6 Å². The zero-order chi connectivity index (χ0) is 18.7. The number of nitrogens with zero attached hydrogens (tertiary/aromatic N) is 2. The quantitative estimate of drug-likeness (QED) is 0.848.